The molecule has 1 aromatic carbocycles. The summed E-state index contributed by atoms with van der Waals surface area (Å²) in [4.78, 5) is 21.3. The van der Waals surface area contributed by atoms with Crippen LogP contribution in [-0.2, 0) is 4.74 Å². The largest absolute Gasteiger partial charge is 0.411 e. The van der Waals surface area contributed by atoms with Crippen molar-refractivity contribution in [2.24, 2.45) is 0 Å². The van der Waals surface area contributed by atoms with Crippen LogP contribution in [0.1, 0.15) is 6.42 Å². The summed E-state index contributed by atoms with van der Waals surface area (Å²) in [5, 5.41) is 15.3. The van der Waals surface area contributed by atoms with E-state index in [0.717, 1.165) is 0 Å². The van der Waals surface area contributed by atoms with Gasteiger partial charge in [-0.1, -0.05) is 0 Å². The Kier molecular flexibility index (Phi) is 6.57. The first-order valence-electron chi connectivity index (χ1n) is 6.22. The van der Waals surface area contributed by atoms with E-state index >= 15 is 0 Å². The average molecular weight is 321 g/mol. The fourth-order valence-corrected chi connectivity index (χ4v) is 1.41. The van der Waals surface area contributed by atoms with Crippen LogP contribution in [0.4, 0.5) is 29.3 Å². The van der Waals surface area contributed by atoms with Crippen LogP contribution in [0.3, 0.4) is 0 Å². The number of benzene rings is 1. The molecule has 0 aliphatic rings. The molecule has 22 heavy (non-hydrogen) atoms. The Hall–Kier alpha value is -2.36. The predicted octanol–water partition coefficient (Wildman–Crippen LogP) is 2.69. The minimum atomic E-state index is -4.36. The number of carbonyl (C=O) groups is 1. The van der Waals surface area contributed by atoms with E-state index in [1.165, 1.54) is 24.3 Å². The second-order valence-electron chi connectivity index (χ2n) is 4.21. The molecule has 1 rings (SSSR count). The van der Waals surface area contributed by atoms with Crippen LogP contribution in [-0.4, -0.2) is 36.9 Å². The number of rotatable bonds is 7. The van der Waals surface area contributed by atoms with E-state index in [2.05, 4.69) is 15.4 Å². The molecular weight excluding hydrogens is 307 g/mol. The van der Waals surface area contributed by atoms with Crippen molar-refractivity contribution in [3.05, 3.63) is 34.4 Å². The first-order valence-corrected chi connectivity index (χ1v) is 6.22. The van der Waals surface area contributed by atoms with E-state index in [0.29, 0.717) is 5.69 Å². The highest BCUT2D eigenvalue weighted by molar-refractivity contribution is 5.89. The van der Waals surface area contributed by atoms with Crippen molar-refractivity contribution in [1.29, 1.82) is 0 Å². The van der Waals surface area contributed by atoms with Gasteiger partial charge in [-0.25, -0.2) is 4.79 Å². The molecule has 122 valence electrons. The molecule has 2 amide bonds. The number of amides is 2. The molecule has 0 unspecified atom stereocenters. The monoisotopic (exact) mass is 321 g/mol. The smallest absolute Gasteiger partial charge is 0.372 e. The van der Waals surface area contributed by atoms with Crippen molar-refractivity contribution < 1.29 is 27.6 Å². The second kappa shape index (κ2) is 8.17. The van der Waals surface area contributed by atoms with E-state index in [4.69, 9.17) is 0 Å². The number of anilines is 1. The van der Waals surface area contributed by atoms with Gasteiger partial charge in [0.15, 0.2) is 0 Å². The Labute approximate surface area is 123 Å². The molecule has 0 spiro atoms. The topological polar surface area (TPSA) is 93.5 Å². The lowest BCUT2D eigenvalue weighted by atomic mass is 10.3. The number of nitrogens with one attached hydrogen (secondary N) is 2. The number of hydrogen-bond donors (Lipinski definition) is 2. The molecule has 0 heterocycles. The summed E-state index contributed by atoms with van der Waals surface area (Å²) in [5.74, 6) is 0. The summed E-state index contributed by atoms with van der Waals surface area (Å²) in [5.41, 5.74) is 0.254. The average Bonchev–Trinajstić information content (AvgIpc) is 2.42. The number of hydrogen-bond acceptors (Lipinski definition) is 4. The number of alkyl halides is 3. The van der Waals surface area contributed by atoms with Crippen molar-refractivity contribution in [3.63, 3.8) is 0 Å². The van der Waals surface area contributed by atoms with Gasteiger partial charge in [0.2, 0.25) is 0 Å². The lowest BCUT2D eigenvalue weighted by Crippen LogP contribution is -2.30. The fraction of sp³-hybridized carbons (Fsp3) is 0.417. The summed E-state index contributed by atoms with van der Waals surface area (Å²) in [6, 6.07) is 4.64. The van der Waals surface area contributed by atoms with Crippen molar-refractivity contribution >= 4 is 17.4 Å². The van der Waals surface area contributed by atoms with Gasteiger partial charge in [0.05, 0.1) is 4.92 Å². The third kappa shape index (κ3) is 7.43. The number of nitro benzene ring substituents is 1. The zero-order valence-electron chi connectivity index (χ0n) is 11.4. The molecule has 10 heteroatoms. The number of nitrogens with zero attached hydrogens (tertiary/aromatic N) is 1. The Morgan fingerprint density at radius 3 is 2.45 bits per heavy atom. The van der Waals surface area contributed by atoms with Crippen molar-refractivity contribution in [2.75, 3.05) is 25.1 Å². The van der Waals surface area contributed by atoms with E-state index < -0.39 is 23.7 Å². The molecule has 0 radical (unpaired) electrons. The molecule has 0 atom stereocenters. The van der Waals surface area contributed by atoms with Crippen LogP contribution in [0.15, 0.2) is 24.3 Å². The second-order valence-corrected chi connectivity index (χ2v) is 4.21. The number of nitro groups is 1. The molecule has 7 nitrogen and oxygen atoms in total. The van der Waals surface area contributed by atoms with Gasteiger partial charge in [0, 0.05) is 31.0 Å². The van der Waals surface area contributed by atoms with Gasteiger partial charge < -0.3 is 15.4 Å². The Balaban J connectivity index is 2.19. The highest BCUT2D eigenvalue weighted by atomic mass is 19.4. The number of non-ortho nitro benzene ring substituents is 1. The fourth-order valence-electron chi connectivity index (χ4n) is 1.41. The molecule has 0 aliphatic heterocycles. The van der Waals surface area contributed by atoms with Gasteiger partial charge in [-0.2, -0.15) is 13.2 Å². The van der Waals surface area contributed by atoms with Gasteiger partial charge in [-0.3, -0.25) is 10.1 Å². The molecule has 1 aromatic rings. The number of ether oxygens (including phenoxy) is 1. The molecule has 0 saturated carbocycles. The van der Waals surface area contributed by atoms with E-state index in [1.54, 1.807) is 0 Å². The van der Waals surface area contributed by atoms with Crippen LogP contribution in [0.2, 0.25) is 0 Å². The maximum absolute atomic E-state index is 11.8. The van der Waals surface area contributed by atoms with E-state index in [-0.39, 0.29) is 25.3 Å². The summed E-state index contributed by atoms with van der Waals surface area (Å²) in [6.45, 7) is -1.31. The first kappa shape index (κ1) is 17.7. The molecule has 0 aromatic heterocycles. The van der Waals surface area contributed by atoms with Gasteiger partial charge in [0.1, 0.15) is 6.61 Å². The van der Waals surface area contributed by atoms with E-state index in [9.17, 15) is 28.1 Å². The molecule has 0 aliphatic carbocycles. The molecule has 0 saturated heterocycles. The normalized spacial score (nSPS) is 11.0. The maximum atomic E-state index is 11.8. The maximum Gasteiger partial charge on any atom is 0.411 e. The zero-order valence-corrected chi connectivity index (χ0v) is 11.4. The van der Waals surface area contributed by atoms with Gasteiger partial charge in [-0.05, 0) is 18.6 Å². The highest BCUT2D eigenvalue weighted by Crippen LogP contribution is 2.15. The summed E-state index contributed by atoms with van der Waals surface area (Å²) >= 11 is 0. The van der Waals surface area contributed by atoms with E-state index in [1.807, 2.05) is 0 Å². The quantitative estimate of drug-likeness (QED) is 0.459. The third-order valence-electron chi connectivity index (χ3n) is 2.35. The standard InChI is InChI=1S/C12H14F3N3O4/c13-12(14,15)8-22-7-1-6-16-11(19)17-9-2-4-10(5-3-9)18(20)21/h2-5H,1,6-8H2,(H2,16,17,19). The lowest BCUT2D eigenvalue weighted by Gasteiger charge is -2.09. The lowest BCUT2D eigenvalue weighted by molar-refractivity contribution is -0.384. The summed E-state index contributed by atoms with van der Waals surface area (Å²) in [6.07, 6.45) is -4.13. The van der Waals surface area contributed by atoms with Gasteiger partial charge >= 0.3 is 12.2 Å². The highest BCUT2D eigenvalue weighted by Gasteiger charge is 2.27. The van der Waals surface area contributed by atoms with Crippen LogP contribution in [0.5, 0.6) is 0 Å². The predicted molar refractivity (Wildman–Crippen MR) is 71.6 cm³/mol. The van der Waals surface area contributed by atoms with Crippen molar-refractivity contribution in [2.45, 2.75) is 12.6 Å². The number of carbonyl (C=O) groups excluding carboxylic acids is 1. The Bertz CT molecular complexity index is 505. The molecule has 0 fully saturated rings. The SMILES string of the molecule is O=C(NCCCOCC(F)(F)F)Nc1ccc([N+](=O)[O-])cc1. The number of halogens is 3. The van der Waals surface area contributed by atoms with Crippen molar-refractivity contribution in [1.82, 2.24) is 5.32 Å². The molecule has 0 bridgehead atoms. The summed E-state index contributed by atoms with van der Waals surface area (Å²) in [7, 11) is 0. The van der Waals surface area contributed by atoms with Crippen LogP contribution < -0.4 is 10.6 Å². The number of urea groups is 1. The first-order chi connectivity index (χ1) is 10.3. The van der Waals surface area contributed by atoms with Crippen LogP contribution >= 0.6 is 0 Å². The van der Waals surface area contributed by atoms with Crippen LogP contribution in [0.25, 0.3) is 0 Å². The van der Waals surface area contributed by atoms with Gasteiger partial charge in [-0.15, -0.1) is 0 Å². The molecule has 2 N–H and O–H groups in total. The molecular formula is C12H14F3N3O4. The van der Waals surface area contributed by atoms with Crippen molar-refractivity contribution in [3.8, 4) is 0 Å². The van der Waals surface area contributed by atoms with Crippen LogP contribution in [0, 0.1) is 10.1 Å². The van der Waals surface area contributed by atoms with Gasteiger partial charge in [0.25, 0.3) is 5.69 Å². The minimum Gasteiger partial charge on any atom is -0.372 e. The zero-order chi connectivity index (χ0) is 16.6. The minimum absolute atomic E-state index is 0.104. The Morgan fingerprint density at radius 1 is 1.27 bits per heavy atom. The Morgan fingerprint density at radius 2 is 1.91 bits per heavy atom. The third-order valence-corrected chi connectivity index (χ3v) is 2.35. The summed E-state index contributed by atoms with van der Waals surface area (Å²) < 4.78 is 39.7.